The van der Waals surface area contributed by atoms with Crippen LogP contribution in [0.1, 0.15) is 106 Å². The minimum Gasteiger partial charge on any atom is -1.00 e. The van der Waals surface area contributed by atoms with Gasteiger partial charge in [-0.05, 0) is 54.8 Å². The molecule has 0 nitrogen and oxygen atoms in total. The van der Waals surface area contributed by atoms with Crippen molar-refractivity contribution in [2.45, 2.75) is 111 Å². The molecule has 0 saturated heterocycles. The molecule has 27 heavy (non-hydrogen) atoms. The molecule has 0 radical (unpaired) electrons. The van der Waals surface area contributed by atoms with Crippen LogP contribution in [0.3, 0.4) is 0 Å². The first-order chi connectivity index (χ1) is 12.0. The number of unbranched alkanes of at least 4 members (excludes halogenated alkanes) is 2. The van der Waals surface area contributed by atoms with Crippen molar-refractivity contribution in [3.05, 3.63) is 0 Å². The molecule has 0 amide bonds. The van der Waals surface area contributed by atoms with Crippen LogP contribution < -0.4 is 24.8 Å². The molecule has 5 unspecified atom stereocenters. The van der Waals surface area contributed by atoms with Crippen molar-refractivity contribution in [1.29, 1.82) is 0 Å². The molecule has 0 N–H and O–H groups in total. The molecular weight excluding hydrogens is 445 g/mol. The van der Waals surface area contributed by atoms with E-state index < -0.39 is 0 Å². The minimum absolute atomic E-state index is 0. The fourth-order valence-corrected chi connectivity index (χ4v) is 7.71. The first kappa shape index (κ1) is 33.8. The molecular formula is C22H47Cl2P2Ti. The van der Waals surface area contributed by atoms with Gasteiger partial charge in [-0.2, -0.15) is 0 Å². The van der Waals surface area contributed by atoms with Crippen LogP contribution in [0.5, 0.6) is 0 Å². The summed E-state index contributed by atoms with van der Waals surface area (Å²) in [5, 5.41) is 0. The number of halogens is 2. The summed E-state index contributed by atoms with van der Waals surface area (Å²) in [6, 6.07) is 0. The van der Waals surface area contributed by atoms with E-state index in [0.29, 0.717) is 5.41 Å². The predicted molar refractivity (Wildman–Crippen MR) is 120 cm³/mol. The fourth-order valence-electron chi connectivity index (χ4n) is 4.46. The Morgan fingerprint density at radius 2 is 1.44 bits per heavy atom. The normalized spacial score (nSPS) is 24.8. The van der Waals surface area contributed by atoms with Gasteiger partial charge in [-0.1, -0.05) is 60.3 Å². The molecule has 0 aromatic heterocycles. The third-order valence-corrected chi connectivity index (χ3v) is 10.1. The fraction of sp³-hybridized carbons (Fsp3) is 1.00. The quantitative estimate of drug-likeness (QED) is 0.236. The Kier molecular flexibility index (Phi) is 26.8. The molecule has 0 aromatic rings. The molecule has 1 rings (SSSR count). The van der Waals surface area contributed by atoms with Crippen LogP contribution in [0.2, 0.25) is 0 Å². The van der Waals surface area contributed by atoms with E-state index in [0.717, 1.165) is 24.1 Å². The Morgan fingerprint density at radius 1 is 0.926 bits per heavy atom. The Bertz CT molecular complexity index is 292. The molecule has 5 heteroatoms. The van der Waals surface area contributed by atoms with Crippen LogP contribution in [0, 0.1) is 17.3 Å². The molecule has 0 bridgehead atoms. The van der Waals surface area contributed by atoms with E-state index >= 15 is 0 Å². The Labute approximate surface area is 199 Å². The van der Waals surface area contributed by atoms with Crippen LogP contribution in [-0.4, -0.2) is 18.0 Å². The SMILES string of the molecule is CCCCPC1CCCC(C(C)CC)(C(C)CC)C1.CCCC[PH][Ti+2].[Cl-].[Cl-]. The Balaban J connectivity index is -0.000000627. The van der Waals surface area contributed by atoms with Crippen molar-refractivity contribution in [2.24, 2.45) is 17.3 Å². The van der Waals surface area contributed by atoms with Crippen molar-refractivity contribution >= 4 is 15.2 Å². The van der Waals surface area contributed by atoms with Gasteiger partial charge in [0.05, 0.1) is 0 Å². The maximum Gasteiger partial charge on any atom is -1.00 e. The largest absolute Gasteiger partial charge is 1.00 e. The third-order valence-electron chi connectivity index (χ3n) is 6.63. The van der Waals surface area contributed by atoms with Gasteiger partial charge in [0.1, 0.15) is 0 Å². The summed E-state index contributed by atoms with van der Waals surface area (Å²) in [6.45, 7) is 15.6. The molecule has 1 fully saturated rings. The van der Waals surface area contributed by atoms with Gasteiger partial charge in [-0.25, -0.2) is 0 Å². The molecule has 5 atom stereocenters. The third kappa shape index (κ3) is 13.2. The molecule has 0 spiro atoms. The van der Waals surface area contributed by atoms with Crippen LogP contribution >= 0.6 is 15.2 Å². The second-order valence-electron chi connectivity index (χ2n) is 8.23. The number of hydrogen-bond acceptors (Lipinski definition) is 0. The summed E-state index contributed by atoms with van der Waals surface area (Å²) >= 11 is 2.26. The van der Waals surface area contributed by atoms with E-state index in [4.69, 9.17) is 0 Å². The minimum atomic E-state index is 0. The molecule has 1 aliphatic rings. The topological polar surface area (TPSA) is 0 Å². The first-order valence-corrected chi connectivity index (χ1v) is 16.0. The van der Waals surface area contributed by atoms with E-state index in [9.17, 15) is 0 Å². The molecule has 0 heterocycles. The summed E-state index contributed by atoms with van der Waals surface area (Å²) in [5.74, 6) is 1.84. The number of hydrogen-bond donors (Lipinski definition) is 0. The standard InChI is InChI=1S/C18H37P.C4H10P.2ClH.Ti/c1-6-9-13-19-17-11-10-12-18(14-17,15(4)7-2)16(5)8-3;1-2-3-4-5;;;/h15-17,19H,6-14H2,1-5H3;5H,2-4H2,1H3;2*1H;/q;-1;;;+3/p-2. The summed E-state index contributed by atoms with van der Waals surface area (Å²) in [4.78, 5) is 0. The van der Waals surface area contributed by atoms with Gasteiger partial charge in [0.15, 0.2) is 0 Å². The molecule has 1 saturated carbocycles. The van der Waals surface area contributed by atoms with E-state index in [1.165, 1.54) is 78.7 Å². The van der Waals surface area contributed by atoms with Crippen molar-refractivity contribution in [1.82, 2.24) is 0 Å². The second-order valence-corrected chi connectivity index (χ2v) is 12.5. The monoisotopic (exact) mass is 491 g/mol. The number of rotatable bonds is 11. The van der Waals surface area contributed by atoms with Crippen molar-refractivity contribution in [3.8, 4) is 0 Å². The van der Waals surface area contributed by atoms with E-state index in [2.05, 4.69) is 61.5 Å². The van der Waals surface area contributed by atoms with Gasteiger partial charge in [-0.3, -0.25) is 0 Å². The molecule has 0 aromatic carbocycles. The van der Waals surface area contributed by atoms with Gasteiger partial charge >= 0.3 is 52.4 Å². The van der Waals surface area contributed by atoms with Crippen molar-refractivity contribution in [2.75, 3.05) is 12.3 Å². The maximum absolute atomic E-state index is 2.53. The van der Waals surface area contributed by atoms with Gasteiger partial charge in [0.25, 0.3) is 0 Å². The zero-order valence-corrected chi connectivity index (χ0v) is 24.0. The smallest absolute Gasteiger partial charge is 1.00 e. The van der Waals surface area contributed by atoms with Gasteiger partial charge < -0.3 is 24.8 Å². The molecule has 0 aliphatic heterocycles. The molecule has 1 aliphatic carbocycles. The Hall–Kier alpha value is 2.15. The van der Waals surface area contributed by atoms with Crippen LogP contribution in [0.4, 0.5) is 0 Å². The van der Waals surface area contributed by atoms with Crippen molar-refractivity contribution < 1.29 is 44.7 Å². The predicted octanol–water partition coefficient (Wildman–Crippen LogP) is 2.42. The van der Waals surface area contributed by atoms with Gasteiger partial charge in [0, 0.05) is 0 Å². The average Bonchev–Trinajstić information content (AvgIpc) is 2.65. The second kappa shape index (κ2) is 21.4. The zero-order chi connectivity index (χ0) is 19.1. The Morgan fingerprint density at radius 3 is 1.85 bits per heavy atom. The zero-order valence-electron chi connectivity index (χ0n) is 19.0. The van der Waals surface area contributed by atoms with Crippen LogP contribution in [0.25, 0.3) is 0 Å². The molecule has 163 valence electrons. The van der Waals surface area contributed by atoms with Gasteiger partial charge in [0.2, 0.25) is 0 Å². The summed E-state index contributed by atoms with van der Waals surface area (Å²) < 4.78 is 0. The summed E-state index contributed by atoms with van der Waals surface area (Å²) in [5.41, 5.74) is 1.73. The van der Waals surface area contributed by atoms with Crippen LogP contribution in [-0.2, 0) is 19.9 Å². The summed E-state index contributed by atoms with van der Waals surface area (Å²) in [7, 11) is 1.24. The van der Waals surface area contributed by atoms with Gasteiger partial charge in [-0.15, -0.1) is 8.58 Å². The summed E-state index contributed by atoms with van der Waals surface area (Å²) in [6.07, 6.45) is 17.4. The first-order valence-electron chi connectivity index (χ1n) is 11.1. The maximum atomic E-state index is 2.53. The van der Waals surface area contributed by atoms with Crippen molar-refractivity contribution in [3.63, 3.8) is 0 Å². The average molecular weight is 492 g/mol. The van der Waals surface area contributed by atoms with E-state index in [1.807, 2.05) is 0 Å². The van der Waals surface area contributed by atoms with E-state index in [1.54, 1.807) is 6.42 Å². The van der Waals surface area contributed by atoms with E-state index in [-0.39, 0.29) is 24.8 Å². The van der Waals surface area contributed by atoms with Crippen LogP contribution in [0.15, 0.2) is 0 Å².